The van der Waals surface area contributed by atoms with Crippen molar-refractivity contribution >= 4 is 17.0 Å². The zero-order valence-corrected chi connectivity index (χ0v) is 10.4. The molecule has 2 rings (SSSR count). The average Bonchev–Trinajstić information content (AvgIpc) is 2.27. The third-order valence-electron chi connectivity index (χ3n) is 2.38. The Morgan fingerprint density at radius 3 is 2.59 bits per heavy atom. The van der Waals surface area contributed by atoms with Crippen molar-refractivity contribution in [2.75, 3.05) is 26.0 Å². The molecule has 0 spiro atoms. The fourth-order valence-corrected chi connectivity index (χ4v) is 1.76. The molecule has 0 aliphatic heterocycles. The van der Waals surface area contributed by atoms with E-state index in [2.05, 4.69) is 32.3 Å². The fraction of sp³-hybridized carbons (Fsp3) is 0.417. The summed E-state index contributed by atoms with van der Waals surface area (Å²) in [5.74, 6) is 0.582. The second kappa shape index (κ2) is 5.05. The summed E-state index contributed by atoms with van der Waals surface area (Å²) in [5, 5.41) is 11.4. The van der Waals surface area contributed by atoms with Gasteiger partial charge in [0.2, 0.25) is 5.95 Å². The lowest BCUT2D eigenvalue weighted by molar-refractivity contribution is 0.391. The van der Waals surface area contributed by atoms with Crippen LogP contribution in [0.3, 0.4) is 0 Å². The molecular formula is C12H17N5. The van der Waals surface area contributed by atoms with E-state index in [9.17, 15) is 0 Å². The van der Waals surface area contributed by atoms with Crippen molar-refractivity contribution in [2.24, 2.45) is 0 Å². The summed E-state index contributed by atoms with van der Waals surface area (Å²) in [6.07, 6.45) is 0. The summed E-state index contributed by atoms with van der Waals surface area (Å²) >= 11 is 0. The summed E-state index contributed by atoms with van der Waals surface area (Å²) < 4.78 is 0. The molecule has 1 heterocycles. The van der Waals surface area contributed by atoms with Gasteiger partial charge in [-0.3, -0.25) is 0 Å². The van der Waals surface area contributed by atoms with Gasteiger partial charge < -0.3 is 10.2 Å². The molecule has 0 bridgehead atoms. The summed E-state index contributed by atoms with van der Waals surface area (Å²) in [6.45, 7) is 3.02. The third kappa shape index (κ3) is 3.10. The summed E-state index contributed by atoms with van der Waals surface area (Å²) in [5.41, 5.74) is 1.68. The van der Waals surface area contributed by atoms with Crippen molar-refractivity contribution in [3.05, 3.63) is 24.3 Å². The number of nitrogens with one attached hydrogen (secondary N) is 1. The third-order valence-corrected chi connectivity index (χ3v) is 2.38. The van der Waals surface area contributed by atoms with E-state index in [0.717, 1.165) is 17.6 Å². The molecule has 1 aromatic carbocycles. The lowest BCUT2D eigenvalue weighted by atomic mass is 10.3. The van der Waals surface area contributed by atoms with E-state index in [1.165, 1.54) is 0 Å². The highest BCUT2D eigenvalue weighted by Gasteiger charge is 2.06. The van der Waals surface area contributed by atoms with E-state index >= 15 is 0 Å². The Bertz CT molecular complexity index is 497. The molecule has 0 amide bonds. The monoisotopic (exact) mass is 231 g/mol. The first-order chi connectivity index (χ1) is 8.15. The van der Waals surface area contributed by atoms with Crippen LogP contribution in [0.5, 0.6) is 0 Å². The lowest BCUT2D eigenvalue weighted by Gasteiger charge is -2.17. The van der Waals surface area contributed by atoms with E-state index in [4.69, 9.17) is 0 Å². The fourth-order valence-electron chi connectivity index (χ4n) is 1.76. The molecule has 17 heavy (non-hydrogen) atoms. The van der Waals surface area contributed by atoms with Crippen LogP contribution < -0.4 is 5.32 Å². The van der Waals surface area contributed by atoms with Gasteiger partial charge in [0.15, 0.2) is 0 Å². The van der Waals surface area contributed by atoms with Crippen LogP contribution in [0.1, 0.15) is 6.92 Å². The Hall–Kier alpha value is -1.75. The van der Waals surface area contributed by atoms with Gasteiger partial charge in [-0.15, -0.1) is 10.2 Å². The van der Waals surface area contributed by atoms with E-state index < -0.39 is 0 Å². The summed E-state index contributed by atoms with van der Waals surface area (Å²) in [4.78, 5) is 6.54. The minimum Gasteiger partial charge on any atom is -0.349 e. The quantitative estimate of drug-likeness (QED) is 0.861. The van der Waals surface area contributed by atoms with Crippen LogP contribution in [0, 0.1) is 0 Å². The van der Waals surface area contributed by atoms with E-state index in [1.807, 2.05) is 38.4 Å². The highest BCUT2D eigenvalue weighted by Crippen LogP contribution is 2.09. The molecule has 0 fully saturated rings. The van der Waals surface area contributed by atoms with E-state index in [1.54, 1.807) is 0 Å². The van der Waals surface area contributed by atoms with Gasteiger partial charge >= 0.3 is 0 Å². The topological polar surface area (TPSA) is 53.9 Å². The predicted molar refractivity (Wildman–Crippen MR) is 69.0 cm³/mol. The van der Waals surface area contributed by atoms with Crippen molar-refractivity contribution in [3.63, 3.8) is 0 Å². The molecule has 1 unspecified atom stereocenters. The Morgan fingerprint density at radius 1 is 1.18 bits per heavy atom. The average molecular weight is 231 g/mol. The van der Waals surface area contributed by atoms with Crippen LogP contribution in [0.15, 0.2) is 24.3 Å². The van der Waals surface area contributed by atoms with Gasteiger partial charge in [0, 0.05) is 12.6 Å². The van der Waals surface area contributed by atoms with Crippen molar-refractivity contribution in [2.45, 2.75) is 13.0 Å². The van der Waals surface area contributed by atoms with Gasteiger partial charge in [0.25, 0.3) is 0 Å². The van der Waals surface area contributed by atoms with Crippen molar-refractivity contribution in [1.29, 1.82) is 0 Å². The van der Waals surface area contributed by atoms with Crippen LogP contribution in [0.4, 0.5) is 5.95 Å². The van der Waals surface area contributed by atoms with Gasteiger partial charge in [-0.1, -0.05) is 12.1 Å². The predicted octanol–water partition coefficient (Wildman–Crippen LogP) is 1.39. The highest BCUT2D eigenvalue weighted by molar-refractivity contribution is 5.74. The van der Waals surface area contributed by atoms with Crippen molar-refractivity contribution < 1.29 is 0 Å². The number of hydrogen-bond donors (Lipinski definition) is 1. The Labute approximate surface area is 101 Å². The molecular weight excluding hydrogens is 214 g/mol. The van der Waals surface area contributed by atoms with Crippen molar-refractivity contribution in [3.8, 4) is 0 Å². The lowest BCUT2D eigenvalue weighted by Crippen LogP contribution is -2.30. The van der Waals surface area contributed by atoms with Crippen LogP contribution in [-0.4, -0.2) is 46.8 Å². The van der Waals surface area contributed by atoms with Gasteiger partial charge in [-0.2, -0.15) is 0 Å². The van der Waals surface area contributed by atoms with Crippen LogP contribution in [0.25, 0.3) is 11.0 Å². The van der Waals surface area contributed by atoms with Crippen LogP contribution in [0.2, 0.25) is 0 Å². The minimum atomic E-state index is 0.285. The van der Waals surface area contributed by atoms with Gasteiger partial charge in [0.05, 0.1) is 5.52 Å². The smallest absolute Gasteiger partial charge is 0.243 e. The molecule has 0 saturated carbocycles. The molecule has 5 heteroatoms. The Morgan fingerprint density at radius 2 is 1.88 bits per heavy atom. The number of benzene rings is 1. The maximum absolute atomic E-state index is 4.42. The molecule has 0 aliphatic rings. The molecule has 1 aromatic heterocycles. The molecule has 1 atom stereocenters. The second-order valence-electron chi connectivity index (χ2n) is 4.43. The molecule has 0 radical (unpaired) electrons. The standard InChI is InChI=1S/C12H17N5/c1-9(8-17(2)3)13-12-14-10-6-4-5-7-11(10)15-16-12/h4-7,9H,8H2,1-3H3,(H,13,14,16). The van der Waals surface area contributed by atoms with Gasteiger partial charge in [-0.25, -0.2) is 4.98 Å². The van der Waals surface area contributed by atoms with E-state index in [0.29, 0.717) is 5.95 Å². The number of hydrogen-bond acceptors (Lipinski definition) is 5. The molecule has 0 aliphatic carbocycles. The molecule has 5 nitrogen and oxygen atoms in total. The van der Waals surface area contributed by atoms with Gasteiger partial charge in [0.1, 0.15) is 5.52 Å². The maximum Gasteiger partial charge on any atom is 0.243 e. The molecule has 90 valence electrons. The number of rotatable bonds is 4. The first-order valence-corrected chi connectivity index (χ1v) is 5.66. The zero-order valence-electron chi connectivity index (χ0n) is 10.4. The summed E-state index contributed by atoms with van der Waals surface area (Å²) in [7, 11) is 4.08. The SMILES string of the molecule is CC(CN(C)C)Nc1nnc2ccccc2n1. The van der Waals surface area contributed by atoms with Crippen LogP contribution >= 0.6 is 0 Å². The number of para-hydroxylation sites is 1. The summed E-state index contributed by atoms with van der Waals surface area (Å²) in [6, 6.07) is 8.01. The van der Waals surface area contributed by atoms with Gasteiger partial charge in [-0.05, 0) is 33.2 Å². The minimum absolute atomic E-state index is 0.285. The number of anilines is 1. The molecule has 2 aromatic rings. The number of likely N-dealkylation sites (N-methyl/N-ethyl adjacent to an activating group) is 1. The number of nitrogens with zero attached hydrogens (tertiary/aromatic N) is 4. The Kier molecular flexibility index (Phi) is 3.49. The first kappa shape index (κ1) is 11.7. The largest absolute Gasteiger partial charge is 0.349 e. The molecule has 0 saturated heterocycles. The normalized spacial score (nSPS) is 12.9. The van der Waals surface area contributed by atoms with Crippen molar-refractivity contribution in [1.82, 2.24) is 20.1 Å². The Balaban J connectivity index is 2.14. The molecule has 1 N–H and O–H groups in total. The van der Waals surface area contributed by atoms with Crippen LogP contribution in [-0.2, 0) is 0 Å². The van der Waals surface area contributed by atoms with E-state index in [-0.39, 0.29) is 6.04 Å². The first-order valence-electron chi connectivity index (χ1n) is 5.66. The second-order valence-corrected chi connectivity index (χ2v) is 4.43. The maximum atomic E-state index is 4.42. The number of fused-ring (bicyclic) bond motifs is 1. The number of aromatic nitrogens is 3. The highest BCUT2D eigenvalue weighted by atomic mass is 15.2. The zero-order chi connectivity index (χ0) is 12.3.